The monoisotopic (exact) mass is 422 g/mol. The van der Waals surface area contributed by atoms with Crippen molar-refractivity contribution in [2.45, 2.75) is 45.7 Å². The van der Waals surface area contributed by atoms with Gasteiger partial charge >= 0.3 is 0 Å². The number of carbonyl (C=O) groups is 2. The van der Waals surface area contributed by atoms with Crippen LogP contribution < -0.4 is 0 Å². The highest BCUT2D eigenvalue weighted by Gasteiger charge is 2.24. The van der Waals surface area contributed by atoms with Crippen molar-refractivity contribution in [2.24, 2.45) is 0 Å². The van der Waals surface area contributed by atoms with Crippen molar-refractivity contribution >= 4 is 11.7 Å². The van der Waals surface area contributed by atoms with E-state index in [4.69, 9.17) is 4.74 Å². The van der Waals surface area contributed by atoms with Crippen LogP contribution in [-0.2, 0) is 22.5 Å². The summed E-state index contributed by atoms with van der Waals surface area (Å²) in [6, 6.07) is 17.8. The Labute approximate surface area is 186 Å². The number of hydrogen-bond acceptors (Lipinski definition) is 4. The van der Waals surface area contributed by atoms with Gasteiger partial charge in [-0.05, 0) is 24.5 Å². The molecule has 1 heterocycles. The summed E-state index contributed by atoms with van der Waals surface area (Å²) in [7, 11) is 0. The first kappa shape index (κ1) is 23.2. The van der Waals surface area contributed by atoms with Crippen molar-refractivity contribution in [1.82, 2.24) is 9.80 Å². The zero-order valence-corrected chi connectivity index (χ0v) is 18.8. The van der Waals surface area contributed by atoms with E-state index in [1.807, 2.05) is 59.5 Å². The van der Waals surface area contributed by atoms with Crippen molar-refractivity contribution in [3.8, 4) is 0 Å². The van der Waals surface area contributed by atoms with Crippen LogP contribution >= 0.6 is 0 Å². The lowest BCUT2D eigenvalue weighted by Gasteiger charge is -2.35. The summed E-state index contributed by atoms with van der Waals surface area (Å²) in [5, 5.41) is 0. The van der Waals surface area contributed by atoms with Crippen LogP contribution in [0.15, 0.2) is 54.6 Å². The van der Waals surface area contributed by atoms with Crippen LogP contribution in [0.1, 0.15) is 48.2 Å². The Morgan fingerprint density at radius 2 is 1.65 bits per heavy atom. The standard InChI is InChI=1S/C26H34N2O3/c1-3-22-9-11-24(12-10-22)25(29)13-14-26(30)28(20-23-7-5-4-6-8-23)21(2)19-27-15-17-31-18-16-27/h4-12,21H,3,13-20H2,1-2H3. The highest BCUT2D eigenvalue weighted by molar-refractivity contribution is 5.98. The molecule has 5 heteroatoms. The average molecular weight is 423 g/mol. The minimum Gasteiger partial charge on any atom is -0.379 e. The number of Topliss-reactive ketones (excluding diaryl/α,β-unsaturated/α-hetero) is 1. The molecule has 1 atom stereocenters. The highest BCUT2D eigenvalue weighted by Crippen LogP contribution is 2.15. The van der Waals surface area contributed by atoms with Crippen molar-refractivity contribution in [2.75, 3.05) is 32.8 Å². The highest BCUT2D eigenvalue weighted by atomic mass is 16.5. The average Bonchev–Trinajstić information content (AvgIpc) is 2.82. The fourth-order valence-electron chi connectivity index (χ4n) is 3.96. The van der Waals surface area contributed by atoms with Gasteiger partial charge in [-0.2, -0.15) is 0 Å². The molecule has 1 unspecified atom stereocenters. The fraction of sp³-hybridized carbons (Fsp3) is 0.462. The lowest BCUT2D eigenvalue weighted by Crippen LogP contribution is -2.48. The van der Waals surface area contributed by atoms with Gasteiger partial charge in [0.2, 0.25) is 5.91 Å². The molecular formula is C26H34N2O3. The van der Waals surface area contributed by atoms with E-state index in [2.05, 4.69) is 18.7 Å². The van der Waals surface area contributed by atoms with Gasteiger partial charge in [0, 0.05) is 50.6 Å². The number of ketones is 1. The minimum absolute atomic E-state index is 0.0245. The van der Waals surface area contributed by atoms with Crippen molar-refractivity contribution in [3.05, 3.63) is 71.3 Å². The van der Waals surface area contributed by atoms with Crippen molar-refractivity contribution in [1.29, 1.82) is 0 Å². The summed E-state index contributed by atoms with van der Waals surface area (Å²) in [5.41, 5.74) is 2.99. The Hall–Kier alpha value is -2.50. The Morgan fingerprint density at radius 1 is 0.968 bits per heavy atom. The van der Waals surface area contributed by atoms with E-state index < -0.39 is 0 Å². The number of morpholine rings is 1. The normalized spacial score (nSPS) is 15.4. The number of carbonyl (C=O) groups excluding carboxylic acids is 2. The second-order valence-electron chi connectivity index (χ2n) is 8.24. The van der Waals surface area contributed by atoms with Crippen LogP contribution in [-0.4, -0.2) is 60.4 Å². The number of rotatable bonds is 10. The molecule has 5 nitrogen and oxygen atoms in total. The summed E-state index contributed by atoms with van der Waals surface area (Å²) in [4.78, 5) is 30.1. The van der Waals surface area contributed by atoms with Gasteiger partial charge in [0.1, 0.15) is 0 Å². The molecule has 1 saturated heterocycles. The van der Waals surface area contributed by atoms with E-state index in [1.165, 1.54) is 5.56 Å². The first-order chi connectivity index (χ1) is 15.1. The summed E-state index contributed by atoms with van der Waals surface area (Å²) >= 11 is 0. The van der Waals surface area contributed by atoms with Gasteiger partial charge in [-0.25, -0.2) is 0 Å². The Bertz CT molecular complexity index is 829. The zero-order valence-electron chi connectivity index (χ0n) is 18.8. The minimum atomic E-state index is 0.0245. The largest absolute Gasteiger partial charge is 0.379 e. The van der Waals surface area contributed by atoms with Gasteiger partial charge in [-0.1, -0.05) is 61.5 Å². The molecule has 0 radical (unpaired) electrons. The summed E-state index contributed by atoms with van der Waals surface area (Å²) in [5.74, 6) is 0.0552. The van der Waals surface area contributed by atoms with E-state index in [0.717, 1.165) is 44.8 Å². The molecule has 2 aromatic carbocycles. The molecule has 3 rings (SSSR count). The van der Waals surface area contributed by atoms with E-state index in [1.54, 1.807) is 0 Å². The SMILES string of the molecule is CCc1ccc(C(=O)CCC(=O)N(Cc2ccccc2)C(C)CN2CCOCC2)cc1. The number of hydrogen-bond donors (Lipinski definition) is 0. The molecular weight excluding hydrogens is 388 g/mol. The topological polar surface area (TPSA) is 49.9 Å². The quantitative estimate of drug-likeness (QED) is 0.544. The van der Waals surface area contributed by atoms with E-state index in [-0.39, 0.29) is 30.6 Å². The molecule has 166 valence electrons. The molecule has 0 aromatic heterocycles. The molecule has 1 aliphatic heterocycles. The second kappa shape index (κ2) is 11.8. The summed E-state index contributed by atoms with van der Waals surface area (Å²) in [6.45, 7) is 8.83. The predicted molar refractivity (Wildman–Crippen MR) is 123 cm³/mol. The maximum atomic E-state index is 13.2. The molecule has 0 aliphatic carbocycles. The molecule has 0 spiro atoms. The third kappa shape index (κ3) is 7.01. The van der Waals surface area contributed by atoms with Gasteiger partial charge in [0.05, 0.1) is 13.2 Å². The first-order valence-corrected chi connectivity index (χ1v) is 11.3. The van der Waals surface area contributed by atoms with Gasteiger partial charge in [0.25, 0.3) is 0 Å². The van der Waals surface area contributed by atoms with Crippen molar-refractivity contribution < 1.29 is 14.3 Å². The van der Waals surface area contributed by atoms with Crippen LogP contribution in [0.2, 0.25) is 0 Å². The van der Waals surface area contributed by atoms with Crippen LogP contribution in [0.5, 0.6) is 0 Å². The third-order valence-corrected chi connectivity index (χ3v) is 5.92. The van der Waals surface area contributed by atoms with Gasteiger partial charge in [0.15, 0.2) is 5.78 Å². The number of amides is 1. The second-order valence-corrected chi connectivity index (χ2v) is 8.24. The number of ether oxygens (including phenoxy) is 1. The van der Waals surface area contributed by atoms with E-state index in [9.17, 15) is 9.59 Å². The van der Waals surface area contributed by atoms with Gasteiger partial charge < -0.3 is 9.64 Å². The third-order valence-electron chi connectivity index (χ3n) is 5.92. The summed E-state index contributed by atoms with van der Waals surface area (Å²) < 4.78 is 5.45. The predicted octanol–water partition coefficient (Wildman–Crippen LogP) is 3.96. The van der Waals surface area contributed by atoms with Crippen LogP contribution in [0.3, 0.4) is 0 Å². The molecule has 1 amide bonds. The van der Waals surface area contributed by atoms with Crippen LogP contribution in [0, 0.1) is 0 Å². The number of benzene rings is 2. The van der Waals surface area contributed by atoms with E-state index in [0.29, 0.717) is 12.1 Å². The smallest absolute Gasteiger partial charge is 0.223 e. The lowest BCUT2D eigenvalue weighted by molar-refractivity contribution is -0.134. The molecule has 0 N–H and O–H groups in total. The molecule has 2 aromatic rings. The summed E-state index contributed by atoms with van der Waals surface area (Å²) in [6.07, 6.45) is 1.41. The van der Waals surface area contributed by atoms with Gasteiger partial charge in [-0.3, -0.25) is 14.5 Å². The lowest BCUT2D eigenvalue weighted by atomic mass is 10.0. The first-order valence-electron chi connectivity index (χ1n) is 11.3. The molecule has 0 saturated carbocycles. The number of nitrogens with zero attached hydrogens (tertiary/aromatic N) is 2. The fourth-order valence-corrected chi connectivity index (χ4v) is 3.96. The van der Waals surface area contributed by atoms with Gasteiger partial charge in [-0.15, -0.1) is 0 Å². The molecule has 0 bridgehead atoms. The molecule has 1 aliphatic rings. The molecule has 1 fully saturated rings. The maximum absolute atomic E-state index is 13.2. The van der Waals surface area contributed by atoms with Crippen LogP contribution in [0.25, 0.3) is 0 Å². The maximum Gasteiger partial charge on any atom is 0.223 e. The zero-order chi connectivity index (χ0) is 22.1. The Kier molecular flexibility index (Phi) is 8.80. The Morgan fingerprint density at radius 3 is 2.29 bits per heavy atom. The Balaban J connectivity index is 1.63. The number of aryl methyl sites for hydroxylation is 1. The van der Waals surface area contributed by atoms with E-state index >= 15 is 0 Å². The molecule has 31 heavy (non-hydrogen) atoms. The van der Waals surface area contributed by atoms with Crippen LogP contribution in [0.4, 0.5) is 0 Å². The van der Waals surface area contributed by atoms with Crippen molar-refractivity contribution in [3.63, 3.8) is 0 Å².